The molecule has 1 heterocycles. The fraction of sp³-hybridized carbons (Fsp3) is 0.375. The highest BCUT2D eigenvalue weighted by Crippen LogP contribution is 2.16. The van der Waals surface area contributed by atoms with Crippen molar-refractivity contribution in [2.45, 2.75) is 11.9 Å². The highest BCUT2D eigenvalue weighted by Gasteiger charge is 1.95. The molecule has 0 fully saturated rings. The molecule has 1 rings (SSSR count). The van der Waals surface area contributed by atoms with Crippen LogP contribution in [0.3, 0.4) is 0 Å². The fourth-order valence-corrected chi connectivity index (χ4v) is 1.26. The average molecular weight is 168 g/mol. The summed E-state index contributed by atoms with van der Waals surface area (Å²) in [7, 11) is 1.61. The molecule has 1 aromatic heterocycles. The van der Waals surface area contributed by atoms with Crippen molar-refractivity contribution >= 4 is 11.8 Å². The minimum Gasteiger partial charge on any atom is -0.481 e. The molecule has 3 heteroatoms. The normalized spacial score (nSPS) is 9.64. The van der Waals surface area contributed by atoms with Gasteiger partial charge >= 0.3 is 0 Å². The molecule has 2 nitrogen and oxygen atoms in total. The first-order valence-electron chi connectivity index (χ1n) is 3.42. The van der Waals surface area contributed by atoms with Crippen molar-refractivity contribution in [3.8, 4) is 5.88 Å². The van der Waals surface area contributed by atoms with Crippen LogP contribution in [-0.4, -0.2) is 17.8 Å². The van der Waals surface area contributed by atoms with E-state index < -0.39 is 0 Å². The topological polar surface area (TPSA) is 22.1 Å². The molecule has 0 aromatic carbocycles. The second-order valence-corrected chi connectivity index (χ2v) is 3.12. The zero-order valence-electron chi connectivity index (χ0n) is 6.63. The Labute approximate surface area is 71.0 Å². The zero-order valence-corrected chi connectivity index (χ0v) is 7.44. The molecule has 1 aromatic rings. The molecule has 1 radical (unpaired) electrons. The lowest BCUT2D eigenvalue weighted by atomic mass is 10.5. The van der Waals surface area contributed by atoms with E-state index in [1.54, 1.807) is 24.9 Å². The van der Waals surface area contributed by atoms with Crippen molar-refractivity contribution in [1.82, 2.24) is 4.98 Å². The number of aromatic nitrogens is 1. The van der Waals surface area contributed by atoms with Gasteiger partial charge in [-0.05, 0) is 11.8 Å². The van der Waals surface area contributed by atoms with Crippen molar-refractivity contribution in [3.05, 3.63) is 18.2 Å². The number of nitrogens with zero attached hydrogens (tertiary/aromatic N) is 1. The van der Waals surface area contributed by atoms with Crippen LogP contribution in [0.5, 0.6) is 5.88 Å². The van der Waals surface area contributed by atoms with E-state index in [0.717, 1.165) is 10.8 Å². The van der Waals surface area contributed by atoms with Crippen LogP contribution in [0, 0.1) is 6.07 Å². The van der Waals surface area contributed by atoms with E-state index in [0.29, 0.717) is 5.88 Å². The number of pyridine rings is 1. The van der Waals surface area contributed by atoms with Crippen LogP contribution in [0.4, 0.5) is 0 Å². The van der Waals surface area contributed by atoms with Gasteiger partial charge in [-0.1, -0.05) is 6.92 Å². The van der Waals surface area contributed by atoms with Gasteiger partial charge in [-0.3, -0.25) is 0 Å². The molecule has 0 bridgehead atoms. The van der Waals surface area contributed by atoms with Gasteiger partial charge in [-0.25, -0.2) is 4.98 Å². The molecule has 0 aliphatic carbocycles. The van der Waals surface area contributed by atoms with Crippen LogP contribution in [0.25, 0.3) is 0 Å². The summed E-state index contributed by atoms with van der Waals surface area (Å²) in [6.45, 7) is 2.08. The lowest BCUT2D eigenvalue weighted by Crippen LogP contribution is -1.88. The van der Waals surface area contributed by atoms with E-state index >= 15 is 0 Å². The number of hydrogen-bond donors (Lipinski definition) is 0. The number of methoxy groups -OCH3 is 1. The molecule has 0 aliphatic heterocycles. The average Bonchev–Trinajstić information content (AvgIpc) is 2.06. The van der Waals surface area contributed by atoms with Crippen LogP contribution < -0.4 is 4.74 Å². The molecular formula is C8H10NOS. The third kappa shape index (κ3) is 2.42. The zero-order chi connectivity index (χ0) is 8.10. The molecule has 0 spiro atoms. The molecule has 0 atom stereocenters. The van der Waals surface area contributed by atoms with Gasteiger partial charge in [0.15, 0.2) is 0 Å². The largest absolute Gasteiger partial charge is 0.481 e. The molecule has 0 amide bonds. The van der Waals surface area contributed by atoms with Gasteiger partial charge in [0.2, 0.25) is 5.88 Å². The minimum absolute atomic E-state index is 0.653. The fourth-order valence-electron chi connectivity index (χ4n) is 0.678. The molecule has 11 heavy (non-hydrogen) atoms. The second kappa shape index (κ2) is 4.23. The predicted molar refractivity (Wildman–Crippen MR) is 46.0 cm³/mol. The van der Waals surface area contributed by atoms with Crippen molar-refractivity contribution in [1.29, 1.82) is 0 Å². The standard InChI is InChI=1S/C8H10NOS/c1-3-11-8-6-4-5-7(9-8)10-2/h4-5H,3H2,1-2H3. The molecule has 0 unspecified atom stereocenters. The lowest BCUT2D eigenvalue weighted by molar-refractivity contribution is 0.394. The first kappa shape index (κ1) is 8.40. The Balaban J connectivity index is 2.74. The second-order valence-electron chi connectivity index (χ2n) is 1.87. The Hall–Kier alpha value is -0.700. The van der Waals surface area contributed by atoms with Gasteiger partial charge in [0, 0.05) is 12.1 Å². The summed E-state index contributed by atoms with van der Waals surface area (Å²) >= 11 is 1.66. The number of hydrogen-bond acceptors (Lipinski definition) is 3. The number of thioether (sulfide) groups is 1. The van der Waals surface area contributed by atoms with Gasteiger partial charge in [-0.15, -0.1) is 11.8 Å². The monoisotopic (exact) mass is 168 g/mol. The Bertz CT molecular complexity index is 227. The van der Waals surface area contributed by atoms with Crippen molar-refractivity contribution < 1.29 is 4.74 Å². The van der Waals surface area contributed by atoms with Crippen LogP contribution in [0.1, 0.15) is 6.92 Å². The SMILES string of the molecule is CCSc1[c]ccc(OC)n1. The maximum absolute atomic E-state index is 4.96. The van der Waals surface area contributed by atoms with Crippen molar-refractivity contribution in [3.63, 3.8) is 0 Å². The summed E-state index contributed by atoms with van der Waals surface area (Å²) in [4.78, 5) is 4.17. The van der Waals surface area contributed by atoms with Gasteiger partial charge < -0.3 is 4.74 Å². The Morgan fingerprint density at radius 3 is 3.18 bits per heavy atom. The maximum Gasteiger partial charge on any atom is 0.214 e. The highest BCUT2D eigenvalue weighted by atomic mass is 32.2. The van der Waals surface area contributed by atoms with Crippen LogP contribution in [-0.2, 0) is 0 Å². The summed E-state index contributed by atoms with van der Waals surface area (Å²) in [5, 5.41) is 0.895. The van der Waals surface area contributed by atoms with E-state index in [-0.39, 0.29) is 0 Å². The summed E-state index contributed by atoms with van der Waals surface area (Å²) < 4.78 is 4.96. The molecule has 0 N–H and O–H groups in total. The van der Waals surface area contributed by atoms with Crippen molar-refractivity contribution in [2.75, 3.05) is 12.9 Å². The van der Waals surface area contributed by atoms with E-state index in [9.17, 15) is 0 Å². The lowest BCUT2D eigenvalue weighted by Gasteiger charge is -1.99. The van der Waals surface area contributed by atoms with Crippen LogP contribution in [0.15, 0.2) is 17.2 Å². The summed E-state index contributed by atoms with van der Waals surface area (Å²) in [5.41, 5.74) is 0. The Morgan fingerprint density at radius 1 is 1.73 bits per heavy atom. The smallest absolute Gasteiger partial charge is 0.214 e. The molecule has 0 aliphatic rings. The Kier molecular flexibility index (Phi) is 3.23. The van der Waals surface area contributed by atoms with E-state index in [2.05, 4.69) is 18.0 Å². The third-order valence-electron chi connectivity index (χ3n) is 1.13. The first-order valence-corrected chi connectivity index (χ1v) is 4.41. The number of ether oxygens (including phenoxy) is 1. The molecular weight excluding hydrogens is 158 g/mol. The van der Waals surface area contributed by atoms with Gasteiger partial charge in [0.25, 0.3) is 0 Å². The highest BCUT2D eigenvalue weighted by molar-refractivity contribution is 7.99. The van der Waals surface area contributed by atoms with E-state index in [1.807, 2.05) is 6.07 Å². The predicted octanol–water partition coefficient (Wildman–Crippen LogP) is 2.00. The summed E-state index contributed by atoms with van der Waals surface area (Å²) in [6, 6.07) is 6.63. The number of rotatable bonds is 3. The van der Waals surface area contributed by atoms with Crippen LogP contribution >= 0.6 is 11.8 Å². The van der Waals surface area contributed by atoms with Gasteiger partial charge in [0.1, 0.15) is 5.03 Å². The minimum atomic E-state index is 0.653. The maximum atomic E-state index is 4.96. The van der Waals surface area contributed by atoms with Crippen LogP contribution in [0.2, 0.25) is 0 Å². The molecule has 0 saturated carbocycles. The van der Waals surface area contributed by atoms with E-state index in [4.69, 9.17) is 4.74 Å². The van der Waals surface area contributed by atoms with Gasteiger partial charge in [0.05, 0.1) is 7.11 Å². The molecule has 0 saturated heterocycles. The third-order valence-corrected chi connectivity index (χ3v) is 1.91. The van der Waals surface area contributed by atoms with Gasteiger partial charge in [-0.2, -0.15) is 0 Å². The van der Waals surface area contributed by atoms with Crippen molar-refractivity contribution in [2.24, 2.45) is 0 Å². The summed E-state index contributed by atoms with van der Waals surface area (Å²) in [6.07, 6.45) is 0. The van der Waals surface area contributed by atoms with E-state index in [1.165, 1.54) is 0 Å². The molecule has 59 valence electrons. The Morgan fingerprint density at radius 2 is 2.55 bits per heavy atom. The quantitative estimate of drug-likeness (QED) is 0.644. The summed E-state index contributed by atoms with van der Waals surface area (Å²) in [5.74, 6) is 1.66. The first-order chi connectivity index (χ1) is 5.36.